The molecule has 0 aromatic heterocycles. The third-order valence-corrected chi connectivity index (χ3v) is 4.45. The third-order valence-electron chi connectivity index (χ3n) is 3.44. The zero-order valence-electron chi connectivity index (χ0n) is 13.2. The molecule has 0 saturated heterocycles. The molecule has 0 aliphatic heterocycles. The first-order chi connectivity index (χ1) is 11.7. The summed E-state index contributed by atoms with van der Waals surface area (Å²) in [6, 6.07) is 15.2. The van der Waals surface area contributed by atoms with E-state index < -0.39 is 6.04 Å². The monoisotopic (exact) mass is 348 g/mol. The largest absolute Gasteiger partial charge is 0.394 e. The molecule has 0 radical (unpaired) electrons. The number of aliphatic hydroxyl groups excluding tert-OH is 1. The van der Waals surface area contributed by atoms with Crippen LogP contribution < -0.4 is 10.6 Å². The van der Waals surface area contributed by atoms with Crippen LogP contribution in [-0.4, -0.2) is 30.0 Å². The van der Waals surface area contributed by atoms with E-state index in [1.807, 2.05) is 36.4 Å². The van der Waals surface area contributed by atoms with Crippen molar-refractivity contribution in [3.05, 3.63) is 71.5 Å². The topological polar surface area (TPSA) is 61.4 Å². The summed E-state index contributed by atoms with van der Waals surface area (Å²) in [6.07, 6.45) is 0. The molecule has 0 fully saturated rings. The van der Waals surface area contributed by atoms with E-state index in [4.69, 9.17) is 0 Å². The van der Waals surface area contributed by atoms with Crippen molar-refractivity contribution in [2.45, 2.75) is 11.8 Å². The number of carbonyl (C=O) groups excluding carboxylic acids is 1. The Labute approximate surface area is 145 Å². The molecule has 0 aliphatic rings. The molecule has 3 N–H and O–H groups in total. The molecule has 0 spiro atoms. The first-order valence-electron chi connectivity index (χ1n) is 7.72. The van der Waals surface area contributed by atoms with Crippen LogP contribution in [0.25, 0.3) is 0 Å². The number of halogens is 1. The van der Waals surface area contributed by atoms with Crippen LogP contribution in [0.15, 0.2) is 54.6 Å². The smallest absolute Gasteiger partial charge is 0.315 e. The quantitative estimate of drug-likeness (QED) is 0.643. The fourth-order valence-corrected chi connectivity index (χ4v) is 3.01. The van der Waals surface area contributed by atoms with Gasteiger partial charge in [0.1, 0.15) is 5.82 Å². The summed E-state index contributed by atoms with van der Waals surface area (Å²) in [5.41, 5.74) is 1.51. The van der Waals surface area contributed by atoms with E-state index in [2.05, 4.69) is 10.6 Å². The van der Waals surface area contributed by atoms with E-state index in [1.54, 1.807) is 23.9 Å². The van der Waals surface area contributed by atoms with Crippen LogP contribution in [0.3, 0.4) is 0 Å². The lowest BCUT2D eigenvalue weighted by Gasteiger charge is -2.17. The van der Waals surface area contributed by atoms with Gasteiger partial charge in [-0.15, -0.1) is 0 Å². The molecule has 2 aromatic carbocycles. The summed E-state index contributed by atoms with van der Waals surface area (Å²) in [7, 11) is 0. The van der Waals surface area contributed by atoms with Crippen molar-refractivity contribution in [3.63, 3.8) is 0 Å². The number of nitrogens with one attached hydrogen (secondary N) is 2. The van der Waals surface area contributed by atoms with Gasteiger partial charge in [0.15, 0.2) is 0 Å². The van der Waals surface area contributed by atoms with Crippen molar-refractivity contribution in [3.8, 4) is 0 Å². The van der Waals surface area contributed by atoms with Gasteiger partial charge in [0.2, 0.25) is 0 Å². The second-order valence-electron chi connectivity index (χ2n) is 5.19. The molecule has 4 nitrogen and oxygen atoms in total. The van der Waals surface area contributed by atoms with Crippen LogP contribution in [0.2, 0.25) is 0 Å². The van der Waals surface area contributed by atoms with Gasteiger partial charge in [0.05, 0.1) is 12.6 Å². The normalized spacial score (nSPS) is 11.8. The third kappa shape index (κ3) is 5.86. The minimum absolute atomic E-state index is 0.167. The van der Waals surface area contributed by atoms with E-state index in [0.717, 1.165) is 5.56 Å². The zero-order valence-corrected chi connectivity index (χ0v) is 14.1. The van der Waals surface area contributed by atoms with Gasteiger partial charge in [-0.05, 0) is 17.2 Å². The summed E-state index contributed by atoms with van der Waals surface area (Å²) >= 11 is 1.55. The Morgan fingerprint density at radius 3 is 2.54 bits per heavy atom. The maximum atomic E-state index is 13.5. The van der Waals surface area contributed by atoms with Gasteiger partial charge in [0.25, 0.3) is 0 Å². The molecule has 2 amide bonds. The SMILES string of the molecule is O=C(NCCSCc1ccccc1F)NC(CO)c1ccccc1. The fourth-order valence-electron chi connectivity index (χ4n) is 2.16. The maximum absolute atomic E-state index is 13.5. The first kappa shape index (κ1) is 18.3. The lowest BCUT2D eigenvalue weighted by molar-refractivity contribution is 0.217. The predicted molar refractivity (Wildman–Crippen MR) is 95.4 cm³/mol. The number of amides is 2. The van der Waals surface area contributed by atoms with Crippen molar-refractivity contribution < 1.29 is 14.3 Å². The molecule has 2 rings (SSSR count). The number of aliphatic hydroxyl groups is 1. The Morgan fingerprint density at radius 2 is 1.83 bits per heavy atom. The van der Waals surface area contributed by atoms with Gasteiger partial charge in [-0.3, -0.25) is 0 Å². The van der Waals surface area contributed by atoms with E-state index in [1.165, 1.54) is 6.07 Å². The number of hydrogen-bond donors (Lipinski definition) is 3. The van der Waals surface area contributed by atoms with Crippen LogP contribution in [-0.2, 0) is 5.75 Å². The molecule has 0 heterocycles. The average molecular weight is 348 g/mol. The Kier molecular flexibility index (Phi) is 7.58. The number of benzene rings is 2. The minimum Gasteiger partial charge on any atom is -0.394 e. The summed E-state index contributed by atoms with van der Waals surface area (Å²) < 4.78 is 13.5. The number of rotatable bonds is 8. The van der Waals surface area contributed by atoms with Gasteiger partial charge in [-0.25, -0.2) is 9.18 Å². The number of urea groups is 1. The van der Waals surface area contributed by atoms with Crippen molar-refractivity contribution in [2.24, 2.45) is 0 Å². The molecule has 2 aromatic rings. The Bertz CT molecular complexity index is 640. The molecule has 24 heavy (non-hydrogen) atoms. The van der Waals surface area contributed by atoms with Gasteiger partial charge >= 0.3 is 6.03 Å². The van der Waals surface area contributed by atoms with Crippen LogP contribution in [0.4, 0.5) is 9.18 Å². The van der Waals surface area contributed by atoms with Crippen molar-refractivity contribution >= 4 is 17.8 Å². The summed E-state index contributed by atoms with van der Waals surface area (Å²) in [6.45, 7) is 0.303. The van der Waals surface area contributed by atoms with Crippen LogP contribution in [0, 0.1) is 5.82 Å². The molecule has 1 atom stereocenters. The average Bonchev–Trinajstić information content (AvgIpc) is 2.61. The van der Waals surface area contributed by atoms with Gasteiger partial charge in [-0.2, -0.15) is 11.8 Å². The molecule has 1 unspecified atom stereocenters. The van der Waals surface area contributed by atoms with E-state index in [9.17, 15) is 14.3 Å². The second kappa shape index (κ2) is 9.95. The second-order valence-corrected chi connectivity index (χ2v) is 6.30. The van der Waals surface area contributed by atoms with E-state index in [0.29, 0.717) is 23.6 Å². The van der Waals surface area contributed by atoms with E-state index in [-0.39, 0.29) is 18.5 Å². The summed E-state index contributed by atoms with van der Waals surface area (Å²) in [4.78, 5) is 11.9. The first-order valence-corrected chi connectivity index (χ1v) is 8.87. The Morgan fingerprint density at radius 1 is 1.12 bits per heavy atom. The molecule has 128 valence electrons. The molecule has 0 saturated carbocycles. The molecular formula is C18H21FN2O2S. The predicted octanol–water partition coefficient (Wildman–Crippen LogP) is 3.09. The summed E-state index contributed by atoms with van der Waals surface area (Å²) in [5, 5.41) is 14.9. The lowest BCUT2D eigenvalue weighted by Crippen LogP contribution is -2.40. The highest BCUT2D eigenvalue weighted by Crippen LogP contribution is 2.15. The minimum atomic E-state index is -0.433. The van der Waals surface area contributed by atoms with Gasteiger partial charge in [0, 0.05) is 18.1 Å². The highest BCUT2D eigenvalue weighted by Gasteiger charge is 2.12. The number of carbonyl (C=O) groups is 1. The van der Waals surface area contributed by atoms with Crippen LogP contribution in [0.1, 0.15) is 17.2 Å². The zero-order chi connectivity index (χ0) is 17.2. The molecular weight excluding hydrogens is 327 g/mol. The van der Waals surface area contributed by atoms with Crippen LogP contribution in [0.5, 0.6) is 0 Å². The van der Waals surface area contributed by atoms with Gasteiger partial charge < -0.3 is 15.7 Å². The van der Waals surface area contributed by atoms with Crippen molar-refractivity contribution in [1.82, 2.24) is 10.6 Å². The standard InChI is InChI=1S/C18H21FN2O2S/c19-16-9-5-4-8-15(16)13-24-11-10-20-18(23)21-17(12-22)14-6-2-1-3-7-14/h1-9,17,22H,10-13H2,(H2,20,21,23). The fraction of sp³-hybridized carbons (Fsp3) is 0.278. The van der Waals surface area contributed by atoms with Gasteiger partial charge in [-0.1, -0.05) is 48.5 Å². The highest BCUT2D eigenvalue weighted by molar-refractivity contribution is 7.98. The Balaban J connectivity index is 1.67. The molecule has 0 bridgehead atoms. The van der Waals surface area contributed by atoms with Crippen LogP contribution >= 0.6 is 11.8 Å². The van der Waals surface area contributed by atoms with Crippen molar-refractivity contribution in [1.29, 1.82) is 0 Å². The number of thioether (sulfide) groups is 1. The Hall–Kier alpha value is -2.05. The maximum Gasteiger partial charge on any atom is 0.315 e. The molecule has 6 heteroatoms. The van der Waals surface area contributed by atoms with Crippen molar-refractivity contribution in [2.75, 3.05) is 18.9 Å². The lowest BCUT2D eigenvalue weighted by atomic mass is 10.1. The summed E-state index contributed by atoms with van der Waals surface area (Å²) in [5.74, 6) is 1.04. The highest BCUT2D eigenvalue weighted by atomic mass is 32.2. The van der Waals surface area contributed by atoms with E-state index >= 15 is 0 Å². The molecule has 0 aliphatic carbocycles. The number of hydrogen-bond acceptors (Lipinski definition) is 3.